The molecule has 35 heavy (non-hydrogen) atoms. The van der Waals surface area contributed by atoms with Gasteiger partial charge in [-0.05, 0) is 37.6 Å². The first-order valence-corrected chi connectivity index (χ1v) is 13.4. The predicted octanol–water partition coefficient (Wildman–Crippen LogP) is 4.15. The normalized spacial score (nSPS) is 15.6. The maximum absolute atomic E-state index is 13.3. The zero-order valence-corrected chi connectivity index (χ0v) is 21.1. The molecule has 1 aliphatic rings. The summed E-state index contributed by atoms with van der Waals surface area (Å²) in [5, 5.41) is 5.50. The summed E-state index contributed by atoms with van der Waals surface area (Å²) in [6, 6.07) is 17.0. The lowest BCUT2D eigenvalue weighted by atomic mass is 10.2. The molecule has 0 spiro atoms. The summed E-state index contributed by atoms with van der Waals surface area (Å²) in [5.74, 6) is 1.71. The number of anilines is 1. The van der Waals surface area contributed by atoms with E-state index in [1.165, 1.54) is 0 Å². The molecule has 2 aromatic carbocycles. The zero-order valence-electron chi connectivity index (χ0n) is 20.3. The van der Waals surface area contributed by atoms with Crippen LogP contribution in [0.1, 0.15) is 37.6 Å². The third kappa shape index (κ3) is 4.53. The molecule has 1 saturated heterocycles. The number of hydrogen-bond donors (Lipinski definition) is 0. The smallest absolute Gasteiger partial charge is 0.243 e. The van der Waals surface area contributed by atoms with E-state index in [-0.39, 0.29) is 5.92 Å². The highest BCUT2D eigenvalue weighted by Crippen LogP contribution is 2.29. The Labute approximate surface area is 206 Å². The van der Waals surface area contributed by atoms with Gasteiger partial charge in [0.2, 0.25) is 10.0 Å². The van der Waals surface area contributed by atoms with Gasteiger partial charge >= 0.3 is 0 Å². The highest BCUT2D eigenvalue weighted by Gasteiger charge is 2.28. The van der Waals surface area contributed by atoms with Gasteiger partial charge in [-0.3, -0.25) is 0 Å². The molecule has 0 amide bonds. The van der Waals surface area contributed by atoms with E-state index in [1.54, 1.807) is 16.4 Å². The Morgan fingerprint density at radius 2 is 1.63 bits per heavy atom. The fraction of sp³-hybridized carbons (Fsp3) is 0.346. The topological polar surface area (TPSA) is 84.2 Å². The molecule has 0 saturated carbocycles. The van der Waals surface area contributed by atoms with Crippen molar-refractivity contribution in [3.05, 3.63) is 72.2 Å². The number of benzene rings is 2. The van der Waals surface area contributed by atoms with Crippen molar-refractivity contribution in [2.45, 2.75) is 38.0 Å². The fourth-order valence-electron chi connectivity index (χ4n) is 4.37. The van der Waals surface area contributed by atoms with Crippen molar-refractivity contribution in [3.8, 4) is 5.69 Å². The standard InChI is InChI=1S/C26H30N6O2S/c1-19(2)24-28-25(23-18-27-32(26(23)29-24)21-8-5-4-6-9-21)30-14-7-15-31(17-16-30)35(33,34)22-12-10-20(3)11-13-22/h4-6,8-13,18-19H,7,14-17H2,1-3H3. The summed E-state index contributed by atoms with van der Waals surface area (Å²) in [6.07, 6.45) is 2.52. The quantitative estimate of drug-likeness (QED) is 0.418. The van der Waals surface area contributed by atoms with Crippen LogP contribution in [-0.2, 0) is 10.0 Å². The molecule has 0 bridgehead atoms. The molecular weight excluding hydrogens is 460 g/mol. The van der Waals surface area contributed by atoms with E-state index in [4.69, 9.17) is 9.97 Å². The maximum Gasteiger partial charge on any atom is 0.243 e. The van der Waals surface area contributed by atoms with E-state index in [1.807, 2.05) is 60.3 Å². The van der Waals surface area contributed by atoms with E-state index >= 15 is 0 Å². The van der Waals surface area contributed by atoms with E-state index < -0.39 is 10.0 Å². The largest absolute Gasteiger partial charge is 0.355 e. The highest BCUT2D eigenvalue weighted by molar-refractivity contribution is 7.89. The molecule has 0 atom stereocenters. The number of aryl methyl sites for hydroxylation is 1. The maximum atomic E-state index is 13.3. The van der Waals surface area contributed by atoms with Crippen LogP contribution in [-0.4, -0.2) is 58.7 Å². The second-order valence-electron chi connectivity index (χ2n) is 9.25. The van der Waals surface area contributed by atoms with Gasteiger partial charge in [-0.2, -0.15) is 9.40 Å². The van der Waals surface area contributed by atoms with Gasteiger partial charge in [0.1, 0.15) is 11.6 Å². The van der Waals surface area contributed by atoms with Crippen molar-refractivity contribution in [2.24, 2.45) is 0 Å². The van der Waals surface area contributed by atoms with Crippen LogP contribution in [0, 0.1) is 6.92 Å². The van der Waals surface area contributed by atoms with Gasteiger partial charge in [0.05, 0.1) is 22.2 Å². The monoisotopic (exact) mass is 490 g/mol. The summed E-state index contributed by atoms with van der Waals surface area (Å²) in [7, 11) is -3.55. The zero-order chi connectivity index (χ0) is 24.6. The van der Waals surface area contributed by atoms with Crippen LogP contribution in [0.5, 0.6) is 0 Å². The molecule has 0 radical (unpaired) electrons. The van der Waals surface area contributed by atoms with Crippen molar-refractivity contribution in [3.63, 3.8) is 0 Å². The Hall–Kier alpha value is -3.30. The minimum absolute atomic E-state index is 0.141. The molecule has 0 N–H and O–H groups in total. The number of sulfonamides is 1. The number of rotatable bonds is 5. The molecule has 1 fully saturated rings. The molecule has 1 aliphatic heterocycles. The Bertz CT molecular complexity index is 1430. The second kappa shape index (κ2) is 9.39. The first-order chi connectivity index (χ1) is 16.8. The Balaban J connectivity index is 1.49. The van der Waals surface area contributed by atoms with Crippen molar-refractivity contribution < 1.29 is 8.42 Å². The number of aromatic nitrogens is 4. The SMILES string of the molecule is Cc1ccc(S(=O)(=O)N2CCCN(c3nc(C(C)C)nc4c3cnn4-c3ccccc3)CC2)cc1. The first kappa shape index (κ1) is 23.4. The third-order valence-corrected chi connectivity index (χ3v) is 8.27. The van der Waals surface area contributed by atoms with Gasteiger partial charge in [0.25, 0.3) is 0 Å². The van der Waals surface area contributed by atoms with Crippen molar-refractivity contribution in [1.82, 2.24) is 24.1 Å². The molecule has 4 aromatic rings. The van der Waals surface area contributed by atoms with E-state index in [2.05, 4.69) is 23.8 Å². The molecular formula is C26H30N6O2S. The summed E-state index contributed by atoms with van der Waals surface area (Å²) in [4.78, 5) is 12.3. The van der Waals surface area contributed by atoms with Crippen LogP contribution in [0.4, 0.5) is 5.82 Å². The third-order valence-electron chi connectivity index (χ3n) is 6.36. The fourth-order valence-corrected chi connectivity index (χ4v) is 5.84. The minimum Gasteiger partial charge on any atom is -0.355 e. The van der Waals surface area contributed by atoms with E-state index in [0.717, 1.165) is 33.9 Å². The van der Waals surface area contributed by atoms with E-state index in [9.17, 15) is 8.42 Å². The Kier molecular flexibility index (Phi) is 6.29. The van der Waals surface area contributed by atoms with Gasteiger partial charge < -0.3 is 4.90 Å². The predicted molar refractivity (Wildman–Crippen MR) is 138 cm³/mol. The van der Waals surface area contributed by atoms with Gasteiger partial charge in [-0.15, -0.1) is 0 Å². The van der Waals surface area contributed by atoms with Crippen LogP contribution < -0.4 is 4.90 Å². The molecule has 8 nitrogen and oxygen atoms in total. The van der Waals surface area contributed by atoms with Crippen LogP contribution >= 0.6 is 0 Å². The molecule has 5 rings (SSSR count). The lowest BCUT2D eigenvalue weighted by molar-refractivity contribution is 0.433. The molecule has 3 heterocycles. The summed E-state index contributed by atoms with van der Waals surface area (Å²) >= 11 is 0. The number of nitrogens with zero attached hydrogens (tertiary/aromatic N) is 6. The lowest BCUT2D eigenvalue weighted by Gasteiger charge is -2.24. The van der Waals surface area contributed by atoms with Crippen LogP contribution in [0.2, 0.25) is 0 Å². The molecule has 0 aliphatic carbocycles. The van der Waals surface area contributed by atoms with E-state index in [0.29, 0.717) is 37.5 Å². The Morgan fingerprint density at radius 1 is 0.886 bits per heavy atom. The van der Waals surface area contributed by atoms with Crippen molar-refractivity contribution in [2.75, 3.05) is 31.1 Å². The molecule has 2 aromatic heterocycles. The average molecular weight is 491 g/mol. The van der Waals surface area contributed by atoms with Crippen molar-refractivity contribution in [1.29, 1.82) is 0 Å². The summed E-state index contributed by atoms with van der Waals surface area (Å²) < 4.78 is 30.0. The van der Waals surface area contributed by atoms with Gasteiger partial charge in [-0.25, -0.2) is 23.1 Å². The van der Waals surface area contributed by atoms with Gasteiger partial charge in [0, 0.05) is 32.1 Å². The lowest BCUT2D eigenvalue weighted by Crippen LogP contribution is -2.35. The van der Waals surface area contributed by atoms with Crippen LogP contribution in [0.25, 0.3) is 16.7 Å². The number of fused-ring (bicyclic) bond motifs is 1. The highest BCUT2D eigenvalue weighted by atomic mass is 32.2. The summed E-state index contributed by atoms with van der Waals surface area (Å²) in [5.41, 5.74) is 2.74. The van der Waals surface area contributed by atoms with Gasteiger partial charge in [-0.1, -0.05) is 49.7 Å². The minimum atomic E-state index is -3.55. The van der Waals surface area contributed by atoms with Crippen molar-refractivity contribution >= 4 is 26.9 Å². The summed E-state index contributed by atoms with van der Waals surface area (Å²) in [6.45, 7) is 8.23. The van der Waals surface area contributed by atoms with Crippen LogP contribution in [0.15, 0.2) is 65.7 Å². The first-order valence-electron chi connectivity index (χ1n) is 12.0. The number of hydrogen-bond acceptors (Lipinski definition) is 6. The molecule has 0 unspecified atom stereocenters. The average Bonchev–Trinajstić information content (AvgIpc) is 3.12. The number of para-hydroxylation sites is 1. The van der Waals surface area contributed by atoms with Crippen LogP contribution in [0.3, 0.4) is 0 Å². The van der Waals surface area contributed by atoms with Gasteiger partial charge in [0.15, 0.2) is 5.65 Å². The molecule has 9 heteroatoms. The second-order valence-corrected chi connectivity index (χ2v) is 11.2. The Morgan fingerprint density at radius 3 is 2.34 bits per heavy atom. The molecule has 182 valence electrons.